The van der Waals surface area contributed by atoms with Crippen molar-refractivity contribution in [3.8, 4) is 0 Å². The normalized spacial score (nSPS) is 13.7. The first kappa shape index (κ1) is 64.4. The van der Waals surface area contributed by atoms with Gasteiger partial charge in [-0.05, 0) is 209 Å². The van der Waals surface area contributed by atoms with Crippen molar-refractivity contribution in [3.63, 3.8) is 0 Å². The lowest BCUT2D eigenvalue weighted by atomic mass is 9.30. The van der Waals surface area contributed by atoms with E-state index in [0.29, 0.717) is 0 Å². The van der Waals surface area contributed by atoms with Crippen LogP contribution in [0.4, 0.5) is 85.3 Å². The fourth-order valence-corrected chi connectivity index (χ4v) is 16.6. The van der Waals surface area contributed by atoms with Gasteiger partial charge >= 0.3 is 0 Å². The maximum Gasteiger partial charge on any atom is 0.252 e. The van der Waals surface area contributed by atoms with Crippen molar-refractivity contribution in [3.05, 3.63) is 342 Å². The summed E-state index contributed by atoms with van der Waals surface area (Å²) in [6.07, 6.45) is 0. The topological polar surface area (TPSA) is 16.2 Å². The molecular weight excluding hydrogens is 1230 g/mol. The number of benzene rings is 13. The SMILES string of the molecule is CC(C)(C)c1cc(N2c3cc4c(cc3B3c5ccccc5N(c5ccccc5)c5cc(C(c6ccccc6)c6ccccc6)cc2c53)B2c3ccccc3N(c3ccccc3)c3cc(N(c5ccccc5)c5ccccc5)cc(c32)N4c2cc(C(C)(C)C)cc(C(C)(C)C)c2)cc(C(C)(C)C)c1. The maximum absolute atomic E-state index is 2.73. The number of nitrogens with zero attached hydrogens (tertiary/aromatic N) is 5. The Kier molecular flexibility index (Phi) is 15.4. The smallest absolute Gasteiger partial charge is 0.252 e. The molecule has 0 unspecified atom stereocenters. The molecule has 13 aromatic rings. The second-order valence-electron chi connectivity index (χ2n) is 32.6. The van der Waals surface area contributed by atoms with Crippen LogP contribution in [0.5, 0.6) is 0 Å². The van der Waals surface area contributed by atoms with Crippen LogP contribution >= 0.6 is 0 Å². The van der Waals surface area contributed by atoms with Crippen LogP contribution in [-0.2, 0) is 21.7 Å². The Bertz CT molecular complexity index is 4880. The number of para-hydroxylation sites is 6. The van der Waals surface area contributed by atoms with Gasteiger partial charge < -0.3 is 24.5 Å². The summed E-state index contributed by atoms with van der Waals surface area (Å²) in [6, 6.07) is 116. The maximum atomic E-state index is 2.73. The molecule has 0 spiro atoms. The van der Waals surface area contributed by atoms with Crippen molar-refractivity contribution in [2.45, 2.75) is 111 Å². The number of hydrogen-bond donors (Lipinski definition) is 0. The van der Waals surface area contributed by atoms with E-state index in [1.54, 1.807) is 0 Å². The highest BCUT2D eigenvalue weighted by atomic mass is 15.2. The van der Waals surface area contributed by atoms with E-state index in [1.807, 2.05) is 0 Å². The zero-order valence-corrected chi connectivity index (χ0v) is 60.8. The van der Waals surface area contributed by atoms with E-state index in [-0.39, 0.29) is 41.0 Å². The average Bonchev–Trinajstić information content (AvgIpc) is 0.684. The van der Waals surface area contributed by atoms with Gasteiger partial charge in [0.1, 0.15) is 0 Å². The fraction of sp³-hybridized carbons (Fsp3) is 0.179. The molecule has 0 atom stereocenters. The molecule has 0 bridgehead atoms. The lowest BCUT2D eigenvalue weighted by Crippen LogP contribution is -2.65. The molecule has 7 heteroatoms. The minimum Gasteiger partial charge on any atom is -0.311 e. The molecule has 0 radical (unpaired) electrons. The van der Waals surface area contributed by atoms with Crippen LogP contribution in [0.2, 0.25) is 0 Å². The molecular formula is C95H87B2N5. The molecule has 5 nitrogen and oxygen atoms in total. The van der Waals surface area contributed by atoms with Crippen molar-refractivity contribution in [1.82, 2.24) is 0 Å². The van der Waals surface area contributed by atoms with E-state index in [9.17, 15) is 0 Å². The first-order chi connectivity index (χ1) is 49.2. The first-order valence-corrected chi connectivity index (χ1v) is 36.5. The van der Waals surface area contributed by atoms with Crippen molar-refractivity contribution in [2.75, 3.05) is 24.5 Å². The van der Waals surface area contributed by atoms with Gasteiger partial charge in [-0.3, -0.25) is 0 Å². The zero-order valence-electron chi connectivity index (χ0n) is 60.8. The van der Waals surface area contributed by atoms with Gasteiger partial charge in [0.2, 0.25) is 0 Å². The molecule has 0 fully saturated rings. The molecule has 498 valence electrons. The summed E-state index contributed by atoms with van der Waals surface area (Å²) in [5.74, 6) is -0.101. The van der Waals surface area contributed by atoms with Crippen LogP contribution < -0.4 is 57.3 Å². The standard InChI is InChI=1S/C95H87B2N5/c1-92(2,3)66-53-67(93(4,5)6)56-74(55-66)101-83-62-84-80(61-79(83)96-77-47-31-33-49-81(77)99(72-43-27-17-28-44-72)85-51-65(52-86(101)90(85)96)89(63-35-19-13-20-36-63)64-37-21-14-22-38-64)97-78-48-32-34-50-82(78)100(73-45-29-18-30-46-73)87-59-76(98(70-39-23-15-24-40-70)71-41-25-16-26-42-71)60-88(91(87)97)102(84)75-57-68(94(7,8)9)54-69(58-75)95(10,11)12/h13-62,89H,1-12H3. The Hall–Kier alpha value is -11.0. The van der Waals surface area contributed by atoms with Gasteiger partial charge in [0, 0.05) is 85.5 Å². The van der Waals surface area contributed by atoms with Crippen molar-refractivity contribution >= 4 is 132 Å². The van der Waals surface area contributed by atoms with Gasteiger partial charge in [-0.15, -0.1) is 0 Å². The molecule has 4 aliphatic heterocycles. The number of hydrogen-bond acceptors (Lipinski definition) is 5. The van der Waals surface area contributed by atoms with Gasteiger partial charge in [0.15, 0.2) is 0 Å². The highest BCUT2D eigenvalue weighted by Crippen LogP contribution is 2.53. The molecule has 0 aliphatic carbocycles. The molecule has 0 saturated carbocycles. The fourth-order valence-electron chi connectivity index (χ4n) is 16.6. The summed E-state index contributed by atoms with van der Waals surface area (Å²) in [5.41, 5.74) is 32.9. The molecule has 17 rings (SSSR count). The molecule has 0 amide bonds. The summed E-state index contributed by atoms with van der Waals surface area (Å²) in [7, 11) is 0. The lowest BCUT2D eigenvalue weighted by molar-refractivity contribution is 0.568. The van der Waals surface area contributed by atoms with Crippen molar-refractivity contribution in [2.24, 2.45) is 0 Å². The third kappa shape index (κ3) is 10.9. The van der Waals surface area contributed by atoms with E-state index >= 15 is 0 Å². The number of anilines is 15. The van der Waals surface area contributed by atoms with Crippen LogP contribution in [0.25, 0.3) is 0 Å². The molecule has 0 saturated heterocycles. The van der Waals surface area contributed by atoms with Gasteiger partial charge in [-0.1, -0.05) is 271 Å². The van der Waals surface area contributed by atoms with Crippen molar-refractivity contribution in [1.29, 1.82) is 0 Å². The van der Waals surface area contributed by atoms with Gasteiger partial charge in [0.25, 0.3) is 13.4 Å². The molecule has 4 aliphatic rings. The molecule has 102 heavy (non-hydrogen) atoms. The Balaban J connectivity index is 1.06. The summed E-state index contributed by atoms with van der Waals surface area (Å²) in [4.78, 5) is 13.0. The van der Waals surface area contributed by atoms with E-state index in [0.717, 1.165) is 62.6 Å². The average molecular weight is 1320 g/mol. The highest BCUT2D eigenvalue weighted by molar-refractivity contribution is 7.03. The van der Waals surface area contributed by atoms with E-state index < -0.39 is 0 Å². The lowest BCUT2D eigenvalue weighted by Gasteiger charge is -2.48. The Morgan fingerprint density at radius 3 is 0.892 bits per heavy atom. The van der Waals surface area contributed by atoms with Crippen LogP contribution in [-0.4, -0.2) is 13.4 Å². The number of fused-ring (bicyclic) bond motifs is 8. The first-order valence-electron chi connectivity index (χ1n) is 36.5. The second kappa shape index (κ2) is 24.4. The number of rotatable bonds is 10. The van der Waals surface area contributed by atoms with Crippen molar-refractivity contribution < 1.29 is 0 Å². The molecule has 4 heterocycles. The Labute approximate surface area is 605 Å². The molecule has 0 N–H and O–H groups in total. The Morgan fingerprint density at radius 2 is 0.539 bits per heavy atom. The summed E-state index contributed by atoms with van der Waals surface area (Å²) >= 11 is 0. The predicted molar refractivity (Wildman–Crippen MR) is 438 cm³/mol. The van der Waals surface area contributed by atoms with Crippen LogP contribution in [0.15, 0.2) is 303 Å². The van der Waals surface area contributed by atoms with E-state index in [4.69, 9.17) is 0 Å². The van der Waals surface area contributed by atoms with Gasteiger partial charge in [-0.2, -0.15) is 0 Å². The van der Waals surface area contributed by atoms with Crippen LogP contribution in [0, 0.1) is 0 Å². The van der Waals surface area contributed by atoms with Crippen LogP contribution in [0.3, 0.4) is 0 Å². The summed E-state index contributed by atoms with van der Waals surface area (Å²) in [6.45, 7) is 28.1. The molecule has 13 aromatic carbocycles. The predicted octanol–water partition coefficient (Wildman–Crippen LogP) is 21.7. The monoisotopic (exact) mass is 1320 g/mol. The third-order valence-corrected chi connectivity index (χ3v) is 21.8. The van der Waals surface area contributed by atoms with Gasteiger partial charge in [0.05, 0.1) is 5.69 Å². The van der Waals surface area contributed by atoms with E-state index in [2.05, 4.69) is 411 Å². The highest BCUT2D eigenvalue weighted by Gasteiger charge is 2.49. The van der Waals surface area contributed by atoms with Crippen LogP contribution in [0.1, 0.15) is 128 Å². The minimum atomic E-state index is -0.197. The largest absolute Gasteiger partial charge is 0.311 e. The third-order valence-electron chi connectivity index (χ3n) is 21.8. The molecule has 0 aromatic heterocycles. The zero-order chi connectivity index (χ0) is 70.1. The Morgan fingerprint density at radius 1 is 0.235 bits per heavy atom. The summed E-state index contributed by atoms with van der Waals surface area (Å²) < 4.78 is 0. The second-order valence-corrected chi connectivity index (χ2v) is 32.6. The van der Waals surface area contributed by atoms with Gasteiger partial charge in [-0.25, -0.2) is 0 Å². The van der Waals surface area contributed by atoms with E-state index in [1.165, 1.54) is 94.5 Å². The minimum absolute atomic E-state index is 0.101. The summed E-state index contributed by atoms with van der Waals surface area (Å²) in [5, 5.41) is 0. The quantitative estimate of drug-likeness (QED) is 0.0999.